The first-order valence-corrected chi connectivity index (χ1v) is 2.61. The fourth-order valence-electron chi connectivity index (χ4n) is 0. The summed E-state index contributed by atoms with van der Waals surface area (Å²) in [6.07, 6.45) is 0. The molecule has 6 heteroatoms. The summed E-state index contributed by atoms with van der Waals surface area (Å²) in [6.45, 7) is 0. The van der Waals surface area contributed by atoms with Crippen LogP contribution in [-0.4, -0.2) is 21.5 Å². The molecule has 0 unspecified atom stereocenters. The van der Waals surface area contributed by atoms with Gasteiger partial charge in [0.1, 0.15) is 0 Å². The van der Waals surface area contributed by atoms with Crippen molar-refractivity contribution in [3.63, 3.8) is 0 Å². The number of rotatable bonds is 0. The topological polar surface area (TPSA) is 71.4 Å². The van der Waals surface area contributed by atoms with Gasteiger partial charge in [0.15, 0.2) is 17.4 Å². The van der Waals surface area contributed by atoms with E-state index in [0.29, 0.717) is 0 Å². The summed E-state index contributed by atoms with van der Waals surface area (Å²) < 4.78 is 33.1. The van der Waals surface area contributed by atoms with Crippen molar-refractivity contribution in [3.8, 4) is 0 Å². The standard InChI is InChI=1S/Al.Mn.H2O.3O.3H/h;;1H2;;;;;;/q;+1;;;;;;;/p-1. The van der Waals surface area contributed by atoms with Crippen LogP contribution in [0.2, 0.25) is 0 Å². The summed E-state index contributed by atoms with van der Waals surface area (Å²) in [6, 6.07) is 0. The fourth-order valence-corrected chi connectivity index (χ4v) is 0. The van der Waals surface area contributed by atoms with Gasteiger partial charge in [0, 0.05) is 0 Å². The van der Waals surface area contributed by atoms with Crippen LogP contribution in [-0.2, 0) is 24.5 Å². The van der Waals surface area contributed by atoms with E-state index in [2.05, 4.69) is 0 Å². The van der Waals surface area contributed by atoms with E-state index < -0.39 is 13.0 Å². The van der Waals surface area contributed by atoms with Gasteiger partial charge in [0.2, 0.25) is 0 Å². The van der Waals surface area contributed by atoms with Crippen molar-refractivity contribution in [1.29, 1.82) is 0 Å². The molecule has 0 aliphatic rings. The van der Waals surface area contributed by atoms with Crippen LogP contribution in [0, 0.1) is 0 Å². The van der Waals surface area contributed by atoms with Crippen LogP contribution in [0.5, 0.6) is 0 Å². The zero-order chi connectivity index (χ0) is 4.50. The van der Waals surface area contributed by atoms with Gasteiger partial charge in [-0.25, -0.2) is 0 Å². The van der Waals surface area contributed by atoms with Crippen LogP contribution >= 0.6 is 0 Å². The second kappa shape index (κ2) is 2.56. The predicted molar refractivity (Wildman–Crippen MR) is 14.2 cm³/mol. The van der Waals surface area contributed by atoms with Crippen LogP contribution in [0.3, 0.4) is 0 Å². The molecule has 0 aromatic heterocycles. The second-order valence-corrected chi connectivity index (χ2v) is 1.63. The minimum absolute atomic E-state index is 0. The van der Waals surface area contributed by atoms with E-state index in [0.717, 1.165) is 0 Å². The monoisotopic (exact) mass is 150 g/mol. The third-order valence-corrected chi connectivity index (χ3v) is 0. The summed E-state index contributed by atoms with van der Waals surface area (Å²) in [7, 11) is 0. The van der Waals surface area contributed by atoms with Gasteiger partial charge in [-0.15, -0.1) is 0 Å². The zero-order valence-electron chi connectivity index (χ0n) is 2.05. The molecule has 0 amide bonds. The molecule has 0 aliphatic heterocycles. The molecule has 38 valence electrons. The molecule has 0 saturated carbocycles. The Bertz CT molecular complexity index is 129. The normalized spacial score (nSPS) is 9.50. The van der Waals surface area contributed by atoms with Crippen molar-refractivity contribution < 1.29 is 28.7 Å². The first-order chi connectivity index (χ1) is 2.00. The molecule has 0 atom stereocenters. The van der Waals surface area contributed by atoms with Crippen molar-refractivity contribution in [2.45, 2.75) is 0 Å². The van der Waals surface area contributed by atoms with E-state index in [-0.39, 0.29) is 17.4 Å². The van der Waals surface area contributed by atoms with Gasteiger partial charge >= 0.3 is 28.7 Å². The van der Waals surface area contributed by atoms with Gasteiger partial charge in [0.25, 0.3) is 0 Å². The van der Waals surface area contributed by atoms with E-state index in [4.69, 9.17) is 15.7 Å². The summed E-state index contributed by atoms with van der Waals surface area (Å²) in [5.74, 6) is 0. The summed E-state index contributed by atoms with van der Waals surface area (Å²) in [5.41, 5.74) is 0. The molecule has 0 aliphatic carbocycles. The minimum atomic E-state index is -5.38. The molecule has 0 spiro atoms. The molecule has 6 heavy (non-hydrogen) atoms. The molecular weight excluding hydrogens is 146 g/mol. The van der Waals surface area contributed by atoms with Crippen LogP contribution in [0.4, 0.5) is 0 Å². The Morgan fingerprint density at radius 1 is 1.17 bits per heavy atom. The SMILES string of the molecule is [AlH3].[O]=[Mn](=[O])(=[O])[OH]. The van der Waals surface area contributed by atoms with E-state index in [1.54, 1.807) is 0 Å². The first kappa shape index (κ1) is 9.65. The molecule has 0 saturated heterocycles. The second-order valence-electron chi connectivity index (χ2n) is 0.396. The Balaban J connectivity index is 0. The van der Waals surface area contributed by atoms with Crippen LogP contribution in [0.25, 0.3) is 0 Å². The third-order valence-electron chi connectivity index (χ3n) is 0. The Hall–Kier alpha value is 0.412. The maximum atomic E-state index is 8.69. The van der Waals surface area contributed by atoms with E-state index in [1.165, 1.54) is 0 Å². The molecule has 0 heterocycles. The van der Waals surface area contributed by atoms with Crippen molar-refractivity contribution in [3.05, 3.63) is 0 Å². The van der Waals surface area contributed by atoms with E-state index >= 15 is 0 Å². The molecule has 0 aromatic rings. The van der Waals surface area contributed by atoms with E-state index in [9.17, 15) is 0 Å². The molecule has 0 radical (unpaired) electrons. The third kappa shape index (κ3) is 303. The first-order valence-electron chi connectivity index (χ1n) is 0.632. The Morgan fingerprint density at radius 3 is 1.17 bits per heavy atom. The van der Waals surface area contributed by atoms with Crippen LogP contribution in [0.15, 0.2) is 0 Å². The average molecular weight is 150 g/mol. The zero-order valence-corrected chi connectivity index (χ0v) is 3.23. The van der Waals surface area contributed by atoms with Gasteiger partial charge in [-0.2, -0.15) is 0 Å². The average Bonchev–Trinajstić information content (AvgIpc) is 0.722. The summed E-state index contributed by atoms with van der Waals surface area (Å²) >= 11 is -5.38. The molecule has 0 fully saturated rings. The van der Waals surface area contributed by atoms with Crippen molar-refractivity contribution in [2.24, 2.45) is 0 Å². The quantitative estimate of drug-likeness (QED) is 0.401. The van der Waals surface area contributed by atoms with Gasteiger partial charge in [-0.3, -0.25) is 0 Å². The Morgan fingerprint density at radius 2 is 1.17 bits per heavy atom. The summed E-state index contributed by atoms with van der Waals surface area (Å²) in [4.78, 5) is 0. The van der Waals surface area contributed by atoms with E-state index in [1.807, 2.05) is 0 Å². The van der Waals surface area contributed by atoms with Crippen molar-refractivity contribution in [1.82, 2.24) is 0 Å². The van der Waals surface area contributed by atoms with Crippen molar-refractivity contribution in [2.75, 3.05) is 0 Å². The molecule has 0 rings (SSSR count). The molecule has 0 bridgehead atoms. The summed E-state index contributed by atoms with van der Waals surface area (Å²) in [5, 5.41) is 0. The molecular formula is H4AlMnO4. The van der Waals surface area contributed by atoms with Crippen LogP contribution in [0.1, 0.15) is 0 Å². The molecule has 0 aromatic carbocycles. The van der Waals surface area contributed by atoms with Crippen LogP contribution < -0.4 is 0 Å². The van der Waals surface area contributed by atoms with Gasteiger partial charge in [-0.05, 0) is 0 Å². The fraction of sp³-hybridized carbons (Fsp3) is 0. The van der Waals surface area contributed by atoms with Crippen molar-refractivity contribution >= 4 is 17.4 Å². The number of hydrogen-bond donors (Lipinski definition) is 1. The molecule has 1 N–H and O–H groups in total. The predicted octanol–water partition coefficient (Wildman–Crippen LogP) is -2.10. The number of hydrogen-bond acceptors (Lipinski definition) is 3. The Kier molecular flexibility index (Phi) is 4.12. The van der Waals surface area contributed by atoms with Gasteiger partial charge < -0.3 is 0 Å². The Labute approximate surface area is 46.5 Å². The maximum absolute atomic E-state index is 8.69. The molecule has 4 nitrogen and oxygen atoms in total. The van der Waals surface area contributed by atoms with Gasteiger partial charge in [-0.1, -0.05) is 0 Å². The van der Waals surface area contributed by atoms with Gasteiger partial charge in [0.05, 0.1) is 0 Å².